The molecule has 0 rings (SSSR count). The summed E-state index contributed by atoms with van der Waals surface area (Å²) in [6.45, 7) is 6.58. The summed E-state index contributed by atoms with van der Waals surface area (Å²) in [6.07, 6.45) is 63.8. The molecule has 6 nitrogen and oxygen atoms in total. The lowest BCUT2D eigenvalue weighted by Crippen LogP contribution is -2.30. The summed E-state index contributed by atoms with van der Waals surface area (Å²) in [5.41, 5.74) is 0. The minimum atomic E-state index is -0.784. The van der Waals surface area contributed by atoms with E-state index in [1.807, 2.05) is 0 Å². The minimum Gasteiger partial charge on any atom is -0.462 e. The lowest BCUT2D eigenvalue weighted by atomic mass is 10.0. The quantitative estimate of drug-likeness (QED) is 0.0262. The molecule has 0 radical (unpaired) electrons. The highest BCUT2D eigenvalue weighted by atomic mass is 16.6. The molecule has 0 aliphatic carbocycles. The maximum Gasteiger partial charge on any atom is 0.306 e. The van der Waals surface area contributed by atoms with E-state index in [-0.39, 0.29) is 31.1 Å². The van der Waals surface area contributed by atoms with Crippen molar-refractivity contribution >= 4 is 17.9 Å². The number of carbonyl (C=O) groups excluding carboxylic acids is 3. The molecule has 0 bridgehead atoms. The van der Waals surface area contributed by atoms with Crippen molar-refractivity contribution in [2.24, 2.45) is 0 Å². The van der Waals surface area contributed by atoms with Gasteiger partial charge in [-0.05, 0) is 77.0 Å². The van der Waals surface area contributed by atoms with Gasteiger partial charge >= 0.3 is 17.9 Å². The second-order valence-electron chi connectivity index (χ2n) is 18.5. The van der Waals surface area contributed by atoms with Crippen LogP contribution in [-0.4, -0.2) is 37.2 Å². The third-order valence-corrected chi connectivity index (χ3v) is 12.1. The summed E-state index contributed by atoms with van der Waals surface area (Å²) in [5.74, 6) is -0.898. The van der Waals surface area contributed by atoms with Crippen molar-refractivity contribution in [3.63, 3.8) is 0 Å². The number of esters is 3. The Hall–Kier alpha value is -2.63. The standard InChI is InChI=1S/C58H104O6/c1-4-7-10-13-16-19-22-25-28-29-31-33-36-39-42-45-48-51-57(60)63-54-55(53-62-56(59)50-47-44-41-38-35-32-27-24-21-18-15-12-9-6-3)64-58(61)52-49-46-43-40-37-34-30-26-23-20-17-14-11-8-5-2/h15,17-18,20,24,26-27,30,55H,4-14,16,19,21-23,25,28-29,31-54H2,1-3H3/b18-15-,20-17-,27-24-,30-26-/t55-/m1/s1. The van der Waals surface area contributed by atoms with Gasteiger partial charge in [-0.1, -0.05) is 236 Å². The van der Waals surface area contributed by atoms with Gasteiger partial charge in [-0.2, -0.15) is 0 Å². The topological polar surface area (TPSA) is 78.9 Å². The molecule has 0 fully saturated rings. The van der Waals surface area contributed by atoms with Crippen LogP contribution in [0.2, 0.25) is 0 Å². The number of allylic oxidation sites excluding steroid dienone is 8. The van der Waals surface area contributed by atoms with Crippen LogP contribution in [0, 0.1) is 0 Å². The lowest BCUT2D eigenvalue weighted by Gasteiger charge is -2.18. The molecule has 64 heavy (non-hydrogen) atoms. The van der Waals surface area contributed by atoms with Gasteiger partial charge in [0.2, 0.25) is 0 Å². The zero-order chi connectivity index (χ0) is 46.5. The number of hydrogen-bond donors (Lipinski definition) is 0. The van der Waals surface area contributed by atoms with Gasteiger partial charge in [0.15, 0.2) is 6.10 Å². The summed E-state index contributed by atoms with van der Waals surface area (Å²) in [7, 11) is 0. The SMILES string of the molecule is CCCC/C=C\C/C=C\CCCCCCCC(=O)OC[C@H](COC(=O)CCCCCCCCCCCCCCCCCCC)OC(=O)CCCCCCC/C=C\C/C=C\CCCCC. The highest BCUT2D eigenvalue weighted by Gasteiger charge is 2.19. The average Bonchev–Trinajstić information content (AvgIpc) is 3.29. The predicted octanol–water partition coefficient (Wildman–Crippen LogP) is 18.3. The third-order valence-electron chi connectivity index (χ3n) is 12.1. The van der Waals surface area contributed by atoms with E-state index in [2.05, 4.69) is 69.4 Å². The Kier molecular flexibility index (Phi) is 50.8. The van der Waals surface area contributed by atoms with E-state index in [4.69, 9.17) is 14.2 Å². The maximum absolute atomic E-state index is 12.8. The highest BCUT2D eigenvalue weighted by Crippen LogP contribution is 2.16. The van der Waals surface area contributed by atoms with Crippen molar-refractivity contribution in [2.75, 3.05) is 13.2 Å². The van der Waals surface area contributed by atoms with Crippen molar-refractivity contribution < 1.29 is 28.6 Å². The van der Waals surface area contributed by atoms with E-state index in [0.29, 0.717) is 19.3 Å². The Bertz CT molecular complexity index is 1120. The molecule has 1 atom stereocenters. The summed E-state index contributed by atoms with van der Waals surface area (Å²) in [4.78, 5) is 38.1. The molecule has 0 N–H and O–H groups in total. The third kappa shape index (κ3) is 50.4. The fraction of sp³-hybridized carbons (Fsp3) is 0.810. The molecular formula is C58H104O6. The molecule has 0 aromatic carbocycles. The van der Waals surface area contributed by atoms with Crippen LogP contribution >= 0.6 is 0 Å². The van der Waals surface area contributed by atoms with Gasteiger partial charge in [0, 0.05) is 19.3 Å². The number of ether oxygens (including phenoxy) is 3. The molecule has 0 aromatic rings. The average molecular weight is 897 g/mol. The molecule has 0 spiro atoms. The van der Waals surface area contributed by atoms with E-state index in [1.54, 1.807) is 0 Å². The molecule has 0 aliphatic rings. The van der Waals surface area contributed by atoms with Crippen LogP contribution in [-0.2, 0) is 28.6 Å². The van der Waals surface area contributed by atoms with Gasteiger partial charge < -0.3 is 14.2 Å². The first kappa shape index (κ1) is 61.4. The van der Waals surface area contributed by atoms with Crippen molar-refractivity contribution in [3.05, 3.63) is 48.6 Å². The van der Waals surface area contributed by atoms with Gasteiger partial charge in [0.25, 0.3) is 0 Å². The highest BCUT2D eigenvalue weighted by molar-refractivity contribution is 5.71. The fourth-order valence-corrected chi connectivity index (χ4v) is 7.84. The summed E-state index contributed by atoms with van der Waals surface area (Å²) in [5, 5.41) is 0. The van der Waals surface area contributed by atoms with Gasteiger partial charge in [-0.3, -0.25) is 14.4 Å². The van der Waals surface area contributed by atoms with Crippen LogP contribution in [0.1, 0.15) is 284 Å². The Morgan fingerprint density at radius 3 is 0.938 bits per heavy atom. The first-order valence-electron chi connectivity index (χ1n) is 27.6. The maximum atomic E-state index is 12.8. The van der Waals surface area contributed by atoms with Crippen LogP contribution in [0.5, 0.6) is 0 Å². The molecule has 372 valence electrons. The number of carbonyl (C=O) groups is 3. The summed E-state index contributed by atoms with van der Waals surface area (Å²) >= 11 is 0. The fourth-order valence-electron chi connectivity index (χ4n) is 7.84. The van der Waals surface area contributed by atoms with Gasteiger partial charge in [-0.15, -0.1) is 0 Å². The van der Waals surface area contributed by atoms with E-state index in [0.717, 1.165) is 103 Å². The molecule has 0 amide bonds. The molecule has 0 aromatic heterocycles. The van der Waals surface area contributed by atoms with Crippen LogP contribution in [0.3, 0.4) is 0 Å². The first-order chi connectivity index (χ1) is 31.5. The summed E-state index contributed by atoms with van der Waals surface area (Å²) in [6, 6.07) is 0. The molecule has 0 saturated heterocycles. The Labute approximate surface area is 397 Å². The Morgan fingerprint density at radius 1 is 0.312 bits per heavy atom. The number of unbranched alkanes of at least 4 members (excludes halogenated alkanes) is 31. The second kappa shape index (κ2) is 53.0. The molecule has 6 heteroatoms. The molecular weight excluding hydrogens is 793 g/mol. The first-order valence-corrected chi connectivity index (χ1v) is 27.6. The zero-order valence-electron chi connectivity index (χ0n) is 42.6. The number of hydrogen-bond acceptors (Lipinski definition) is 6. The van der Waals surface area contributed by atoms with E-state index >= 15 is 0 Å². The Morgan fingerprint density at radius 2 is 0.578 bits per heavy atom. The second-order valence-corrected chi connectivity index (χ2v) is 18.5. The lowest BCUT2D eigenvalue weighted by molar-refractivity contribution is -0.167. The molecule has 0 unspecified atom stereocenters. The van der Waals surface area contributed by atoms with Crippen LogP contribution in [0.4, 0.5) is 0 Å². The van der Waals surface area contributed by atoms with Crippen molar-refractivity contribution in [2.45, 2.75) is 290 Å². The van der Waals surface area contributed by atoms with Crippen molar-refractivity contribution in [1.29, 1.82) is 0 Å². The smallest absolute Gasteiger partial charge is 0.306 e. The van der Waals surface area contributed by atoms with E-state index in [9.17, 15) is 14.4 Å². The monoisotopic (exact) mass is 897 g/mol. The van der Waals surface area contributed by atoms with Crippen molar-refractivity contribution in [1.82, 2.24) is 0 Å². The van der Waals surface area contributed by atoms with E-state index < -0.39 is 6.10 Å². The zero-order valence-corrected chi connectivity index (χ0v) is 42.6. The number of rotatable bonds is 50. The van der Waals surface area contributed by atoms with Gasteiger partial charge in [0.05, 0.1) is 0 Å². The predicted molar refractivity (Wildman–Crippen MR) is 275 cm³/mol. The van der Waals surface area contributed by atoms with Crippen LogP contribution in [0.25, 0.3) is 0 Å². The van der Waals surface area contributed by atoms with Crippen molar-refractivity contribution in [3.8, 4) is 0 Å². The largest absolute Gasteiger partial charge is 0.462 e. The molecule has 0 saturated carbocycles. The van der Waals surface area contributed by atoms with Gasteiger partial charge in [0.1, 0.15) is 13.2 Å². The van der Waals surface area contributed by atoms with Crippen LogP contribution in [0.15, 0.2) is 48.6 Å². The molecule has 0 heterocycles. The Balaban J connectivity index is 4.38. The molecule has 0 aliphatic heterocycles. The minimum absolute atomic E-state index is 0.0808. The van der Waals surface area contributed by atoms with E-state index in [1.165, 1.54) is 141 Å². The van der Waals surface area contributed by atoms with Gasteiger partial charge in [-0.25, -0.2) is 0 Å². The van der Waals surface area contributed by atoms with Crippen LogP contribution < -0.4 is 0 Å². The summed E-state index contributed by atoms with van der Waals surface area (Å²) < 4.78 is 16.8. The normalized spacial score (nSPS) is 12.4.